The van der Waals surface area contributed by atoms with Crippen LogP contribution in [-0.2, 0) is 19.9 Å². The smallest absolute Gasteiger partial charge is 0.241 e. The van der Waals surface area contributed by atoms with E-state index < -0.39 is 25.9 Å². The Hall–Kier alpha value is -1.90. The molecule has 0 aromatic heterocycles. The van der Waals surface area contributed by atoms with Crippen LogP contribution in [-0.4, -0.2) is 30.2 Å². The minimum atomic E-state index is -3.77. The van der Waals surface area contributed by atoms with Crippen LogP contribution in [0.4, 0.5) is 0 Å². The highest BCUT2D eigenvalue weighted by atomic mass is 32.2. The number of sulfone groups is 1. The summed E-state index contributed by atoms with van der Waals surface area (Å²) in [4.78, 5) is 0.431. The van der Waals surface area contributed by atoms with Gasteiger partial charge in [0.05, 0.1) is 16.9 Å². The lowest BCUT2D eigenvalue weighted by atomic mass is 10.1. The van der Waals surface area contributed by atoms with Crippen molar-refractivity contribution in [3.05, 3.63) is 53.1 Å². The first-order valence-corrected chi connectivity index (χ1v) is 11.8. The molecule has 27 heavy (non-hydrogen) atoms. The molecule has 6 nitrogen and oxygen atoms in total. The Morgan fingerprint density at radius 2 is 1.52 bits per heavy atom. The summed E-state index contributed by atoms with van der Waals surface area (Å²) in [5.41, 5.74) is 1.90. The molecule has 0 heterocycles. The lowest BCUT2D eigenvalue weighted by molar-refractivity contribution is 0.413. The summed E-state index contributed by atoms with van der Waals surface area (Å²) in [6.45, 7) is 5.32. The normalized spacial score (nSPS) is 13.4. The molecule has 2 aromatic carbocycles. The van der Waals surface area contributed by atoms with Gasteiger partial charge in [-0.05, 0) is 61.2 Å². The molecule has 0 amide bonds. The van der Waals surface area contributed by atoms with Crippen LogP contribution < -0.4 is 9.46 Å². The van der Waals surface area contributed by atoms with E-state index in [1.807, 2.05) is 6.92 Å². The summed E-state index contributed by atoms with van der Waals surface area (Å²) in [6.07, 6.45) is 1.66. The van der Waals surface area contributed by atoms with Gasteiger partial charge in [-0.15, -0.1) is 0 Å². The average Bonchev–Trinajstić information content (AvgIpc) is 2.58. The van der Waals surface area contributed by atoms with E-state index in [0.29, 0.717) is 28.9 Å². The van der Waals surface area contributed by atoms with Gasteiger partial charge in [0.15, 0.2) is 9.84 Å². The van der Waals surface area contributed by atoms with Crippen molar-refractivity contribution in [2.75, 3.05) is 13.4 Å². The molecule has 8 heteroatoms. The fourth-order valence-corrected chi connectivity index (χ4v) is 5.42. The van der Waals surface area contributed by atoms with Gasteiger partial charge in [-0.25, -0.2) is 21.6 Å². The minimum absolute atomic E-state index is 0.200. The Morgan fingerprint density at radius 3 is 1.93 bits per heavy atom. The van der Waals surface area contributed by atoms with Gasteiger partial charge in [-0.1, -0.05) is 19.1 Å². The van der Waals surface area contributed by atoms with E-state index in [9.17, 15) is 16.8 Å². The molecule has 2 aromatic rings. The van der Waals surface area contributed by atoms with Crippen LogP contribution >= 0.6 is 0 Å². The summed E-state index contributed by atoms with van der Waals surface area (Å²) >= 11 is 0. The highest BCUT2D eigenvalue weighted by molar-refractivity contribution is 7.90. The molecule has 1 N–H and O–H groups in total. The summed E-state index contributed by atoms with van der Waals surface area (Å²) in [6, 6.07) is 9.16. The number of hydrogen-bond acceptors (Lipinski definition) is 5. The first kappa shape index (κ1) is 21.4. The van der Waals surface area contributed by atoms with Crippen LogP contribution in [0.25, 0.3) is 0 Å². The van der Waals surface area contributed by atoms with Gasteiger partial charge in [0.1, 0.15) is 5.75 Å². The minimum Gasteiger partial charge on any atom is -0.497 e. The molecule has 0 radical (unpaired) electrons. The predicted octanol–water partition coefficient (Wildman–Crippen LogP) is 3.15. The van der Waals surface area contributed by atoms with Crippen LogP contribution in [0.5, 0.6) is 5.75 Å². The number of hydrogen-bond donors (Lipinski definition) is 1. The molecule has 1 atom stereocenters. The summed E-state index contributed by atoms with van der Waals surface area (Å²) < 4.78 is 57.1. The first-order valence-electron chi connectivity index (χ1n) is 8.47. The van der Waals surface area contributed by atoms with Crippen molar-refractivity contribution in [1.29, 1.82) is 0 Å². The molecular weight excluding hydrogens is 386 g/mol. The molecule has 0 spiro atoms. The maximum absolute atomic E-state index is 13.0. The van der Waals surface area contributed by atoms with Crippen molar-refractivity contribution < 1.29 is 21.6 Å². The monoisotopic (exact) mass is 411 g/mol. The van der Waals surface area contributed by atoms with Crippen molar-refractivity contribution in [1.82, 2.24) is 4.72 Å². The van der Waals surface area contributed by atoms with Gasteiger partial charge in [0.2, 0.25) is 10.0 Å². The third kappa shape index (κ3) is 4.88. The van der Waals surface area contributed by atoms with Gasteiger partial charge in [0.25, 0.3) is 0 Å². The maximum atomic E-state index is 13.0. The lowest BCUT2D eigenvalue weighted by Crippen LogP contribution is -2.29. The van der Waals surface area contributed by atoms with Crippen molar-refractivity contribution in [2.45, 2.75) is 43.0 Å². The molecule has 148 valence electrons. The molecule has 2 rings (SSSR count). The van der Waals surface area contributed by atoms with E-state index >= 15 is 0 Å². The second kappa shape index (κ2) is 8.00. The number of nitrogens with one attached hydrogen (secondary N) is 1. The number of rotatable bonds is 7. The second-order valence-corrected chi connectivity index (χ2v) is 10.2. The maximum Gasteiger partial charge on any atom is 0.241 e. The van der Waals surface area contributed by atoms with Crippen molar-refractivity contribution in [3.8, 4) is 5.75 Å². The quantitative estimate of drug-likeness (QED) is 0.756. The molecule has 0 saturated carbocycles. The van der Waals surface area contributed by atoms with E-state index in [-0.39, 0.29) is 9.79 Å². The van der Waals surface area contributed by atoms with Gasteiger partial charge >= 0.3 is 0 Å². The zero-order valence-electron chi connectivity index (χ0n) is 16.1. The number of benzene rings is 2. The van der Waals surface area contributed by atoms with Gasteiger partial charge in [-0.3, -0.25) is 0 Å². The zero-order valence-corrected chi connectivity index (χ0v) is 17.7. The van der Waals surface area contributed by atoms with Gasteiger partial charge < -0.3 is 4.74 Å². The highest BCUT2D eigenvalue weighted by Gasteiger charge is 2.24. The lowest BCUT2D eigenvalue weighted by Gasteiger charge is -2.20. The summed E-state index contributed by atoms with van der Waals surface area (Å²) in [7, 11) is -5.53. The molecule has 0 saturated heterocycles. The van der Waals surface area contributed by atoms with E-state index in [4.69, 9.17) is 4.74 Å². The molecule has 0 bridgehead atoms. The fourth-order valence-electron chi connectivity index (χ4n) is 3.03. The van der Waals surface area contributed by atoms with Gasteiger partial charge in [-0.2, -0.15) is 0 Å². The number of ether oxygens (including phenoxy) is 1. The van der Waals surface area contributed by atoms with Crippen LogP contribution in [0.2, 0.25) is 0 Å². The standard InChI is InChI=1S/C19H25NO5S2/c1-6-18(15-7-9-17(10-8-15)26(5,21)22)20-27(23,24)19-13(2)11-16(25-4)12-14(19)3/h7-12,18,20H,6H2,1-5H3/t18-/m0/s1. The fraction of sp³-hybridized carbons (Fsp3) is 0.368. The predicted molar refractivity (Wildman–Crippen MR) is 105 cm³/mol. The van der Waals surface area contributed by atoms with E-state index in [2.05, 4.69) is 4.72 Å². The molecule has 0 fully saturated rings. The van der Waals surface area contributed by atoms with Crippen molar-refractivity contribution in [3.63, 3.8) is 0 Å². The Balaban J connectivity index is 2.38. The third-order valence-electron chi connectivity index (χ3n) is 4.35. The first-order chi connectivity index (χ1) is 12.5. The topological polar surface area (TPSA) is 89.5 Å². The largest absolute Gasteiger partial charge is 0.497 e. The molecule has 0 unspecified atom stereocenters. The van der Waals surface area contributed by atoms with Crippen LogP contribution in [0.3, 0.4) is 0 Å². The van der Waals surface area contributed by atoms with E-state index in [1.54, 1.807) is 38.1 Å². The van der Waals surface area contributed by atoms with Crippen LogP contribution in [0.15, 0.2) is 46.2 Å². The zero-order chi connectivity index (χ0) is 20.4. The second-order valence-electron chi connectivity index (χ2n) is 6.51. The Morgan fingerprint density at radius 1 is 1.00 bits per heavy atom. The summed E-state index contributed by atoms with van der Waals surface area (Å²) in [5.74, 6) is 0.604. The Bertz CT molecular complexity index is 1000. The van der Waals surface area contributed by atoms with E-state index in [1.165, 1.54) is 19.2 Å². The summed E-state index contributed by atoms with van der Waals surface area (Å²) in [5, 5.41) is 0. The van der Waals surface area contributed by atoms with Crippen molar-refractivity contribution >= 4 is 19.9 Å². The molecule has 0 aliphatic heterocycles. The Kier molecular flexibility index (Phi) is 6.34. The highest BCUT2D eigenvalue weighted by Crippen LogP contribution is 2.28. The van der Waals surface area contributed by atoms with Crippen LogP contribution in [0.1, 0.15) is 36.1 Å². The molecular formula is C19H25NO5S2. The number of methoxy groups -OCH3 is 1. The molecule has 0 aliphatic carbocycles. The average molecular weight is 412 g/mol. The van der Waals surface area contributed by atoms with E-state index in [0.717, 1.165) is 6.26 Å². The Labute approximate surface area is 161 Å². The SMILES string of the molecule is CC[C@H](NS(=O)(=O)c1c(C)cc(OC)cc1C)c1ccc(S(C)(=O)=O)cc1. The third-order valence-corrected chi connectivity index (χ3v) is 7.26. The van der Waals surface area contributed by atoms with Gasteiger partial charge in [0, 0.05) is 12.3 Å². The number of aryl methyl sites for hydroxylation is 2. The molecule has 0 aliphatic rings. The van der Waals surface area contributed by atoms with Crippen molar-refractivity contribution in [2.24, 2.45) is 0 Å². The van der Waals surface area contributed by atoms with Crippen LogP contribution in [0, 0.1) is 13.8 Å². The number of sulfonamides is 1.